The molecule has 1 atom stereocenters. The highest BCUT2D eigenvalue weighted by Crippen LogP contribution is 2.09. The highest BCUT2D eigenvalue weighted by Gasteiger charge is 2.32. The van der Waals surface area contributed by atoms with E-state index in [1.807, 2.05) is 0 Å². The molecule has 0 aromatic rings. The smallest absolute Gasteiger partial charge is 0.249 e. The third-order valence-corrected chi connectivity index (χ3v) is 2.71. The maximum atomic E-state index is 11.8. The van der Waals surface area contributed by atoms with Crippen molar-refractivity contribution in [2.75, 3.05) is 6.54 Å². The van der Waals surface area contributed by atoms with Gasteiger partial charge in [0.2, 0.25) is 17.7 Å². The summed E-state index contributed by atoms with van der Waals surface area (Å²) in [5.41, 5.74) is 0. The van der Waals surface area contributed by atoms with Crippen molar-refractivity contribution in [2.45, 2.75) is 38.6 Å². The van der Waals surface area contributed by atoms with Crippen molar-refractivity contribution in [3.63, 3.8) is 0 Å². The summed E-state index contributed by atoms with van der Waals surface area (Å²) in [7, 11) is 0. The average Bonchev–Trinajstić information content (AvgIpc) is 2.29. The molecule has 3 amide bonds. The van der Waals surface area contributed by atoms with Crippen molar-refractivity contribution in [1.82, 2.24) is 10.2 Å². The molecule has 1 fully saturated rings. The number of hydrogen-bond donors (Lipinski definition) is 1. The molecule has 1 rings (SSSR count). The van der Waals surface area contributed by atoms with Crippen LogP contribution in [0.4, 0.5) is 0 Å². The van der Waals surface area contributed by atoms with Crippen LogP contribution in [0.2, 0.25) is 0 Å². The van der Waals surface area contributed by atoms with Crippen molar-refractivity contribution in [3.05, 3.63) is 0 Å². The molecule has 1 saturated heterocycles. The standard InChI is InChI=1S/C12H16N2O3/c1-3-4-5-6-7-11(16)14-8-10(15)13-12(17)9(14)2/h1,9H,4-8H2,2H3,(H,13,15,17). The highest BCUT2D eigenvalue weighted by molar-refractivity contribution is 6.04. The number of nitrogens with one attached hydrogen (secondary N) is 1. The van der Waals surface area contributed by atoms with Crippen LogP contribution in [0, 0.1) is 12.3 Å². The number of terminal acetylenes is 1. The number of unbranched alkanes of at least 4 members (excludes halogenated alkanes) is 2. The molecule has 92 valence electrons. The van der Waals surface area contributed by atoms with E-state index in [4.69, 9.17) is 6.42 Å². The number of hydrogen-bond acceptors (Lipinski definition) is 3. The molecule has 1 aliphatic heterocycles. The second-order valence-electron chi connectivity index (χ2n) is 4.02. The normalized spacial score (nSPS) is 19.8. The Labute approximate surface area is 101 Å². The van der Waals surface area contributed by atoms with E-state index in [1.54, 1.807) is 6.92 Å². The maximum Gasteiger partial charge on any atom is 0.249 e. The Kier molecular flexibility index (Phi) is 4.70. The molecule has 0 aliphatic carbocycles. The minimum Gasteiger partial charge on any atom is -0.322 e. The summed E-state index contributed by atoms with van der Waals surface area (Å²) in [5.74, 6) is 1.49. The van der Waals surface area contributed by atoms with Crippen LogP contribution < -0.4 is 5.32 Å². The fourth-order valence-corrected chi connectivity index (χ4v) is 1.67. The third-order valence-electron chi connectivity index (χ3n) is 2.71. The molecule has 17 heavy (non-hydrogen) atoms. The summed E-state index contributed by atoms with van der Waals surface area (Å²) in [4.78, 5) is 35.6. The number of piperazine rings is 1. The number of rotatable bonds is 4. The van der Waals surface area contributed by atoms with E-state index in [2.05, 4.69) is 11.2 Å². The molecule has 1 heterocycles. The number of carbonyl (C=O) groups excluding carboxylic acids is 3. The highest BCUT2D eigenvalue weighted by atomic mass is 16.2. The molecule has 0 radical (unpaired) electrons. The van der Waals surface area contributed by atoms with E-state index in [0.29, 0.717) is 19.3 Å². The van der Waals surface area contributed by atoms with Gasteiger partial charge in [-0.1, -0.05) is 0 Å². The van der Waals surface area contributed by atoms with E-state index in [0.717, 1.165) is 6.42 Å². The summed E-state index contributed by atoms with van der Waals surface area (Å²) in [6.45, 7) is 1.57. The lowest BCUT2D eigenvalue weighted by atomic mass is 10.1. The lowest BCUT2D eigenvalue weighted by Crippen LogP contribution is -2.58. The molecule has 1 unspecified atom stereocenters. The Balaban J connectivity index is 2.47. The number of imide groups is 1. The van der Waals surface area contributed by atoms with E-state index in [1.165, 1.54) is 4.90 Å². The first-order chi connectivity index (χ1) is 8.06. The van der Waals surface area contributed by atoms with Crippen molar-refractivity contribution in [1.29, 1.82) is 0 Å². The van der Waals surface area contributed by atoms with Crippen LogP contribution in [-0.4, -0.2) is 35.2 Å². The Hall–Kier alpha value is -1.83. The van der Waals surface area contributed by atoms with Crippen LogP contribution in [0.1, 0.15) is 32.6 Å². The molecule has 1 N–H and O–H groups in total. The van der Waals surface area contributed by atoms with Gasteiger partial charge in [-0.2, -0.15) is 0 Å². The molecule has 0 saturated carbocycles. The van der Waals surface area contributed by atoms with Gasteiger partial charge in [-0.15, -0.1) is 12.3 Å². The van der Waals surface area contributed by atoms with E-state index >= 15 is 0 Å². The average molecular weight is 236 g/mol. The minimum atomic E-state index is -0.576. The van der Waals surface area contributed by atoms with Gasteiger partial charge in [0.25, 0.3) is 0 Å². The van der Waals surface area contributed by atoms with Gasteiger partial charge in [0.1, 0.15) is 12.6 Å². The van der Waals surface area contributed by atoms with Gasteiger partial charge in [-0.3, -0.25) is 19.7 Å². The van der Waals surface area contributed by atoms with Gasteiger partial charge in [-0.05, 0) is 19.8 Å². The van der Waals surface area contributed by atoms with Crippen LogP contribution in [-0.2, 0) is 14.4 Å². The maximum absolute atomic E-state index is 11.8. The lowest BCUT2D eigenvalue weighted by Gasteiger charge is -2.31. The monoisotopic (exact) mass is 236 g/mol. The first-order valence-corrected chi connectivity index (χ1v) is 5.63. The predicted octanol–water partition coefficient (Wildman–Crippen LogP) is 0.0535. The molecule has 0 spiro atoms. The lowest BCUT2D eigenvalue weighted by molar-refractivity contribution is -0.149. The van der Waals surface area contributed by atoms with Crippen LogP contribution in [0.5, 0.6) is 0 Å². The molecule has 0 aromatic carbocycles. The Morgan fingerprint density at radius 1 is 1.53 bits per heavy atom. The van der Waals surface area contributed by atoms with E-state index < -0.39 is 17.9 Å². The van der Waals surface area contributed by atoms with Gasteiger partial charge in [-0.25, -0.2) is 0 Å². The topological polar surface area (TPSA) is 66.5 Å². The summed E-state index contributed by atoms with van der Waals surface area (Å²) in [6.07, 6.45) is 7.54. The Morgan fingerprint density at radius 3 is 2.88 bits per heavy atom. The van der Waals surface area contributed by atoms with Crippen molar-refractivity contribution >= 4 is 17.7 Å². The summed E-state index contributed by atoms with van der Waals surface area (Å²) < 4.78 is 0. The Morgan fingerprint density at radius 2 is 2.24 bits per heavy atom. The Bertz CT molecular complexity index is 370. The predicted molar refractivity (Wildman–Crippen MR) is 61.6 cm³/mol. The zero-order chi connectivity index (χ0) is 12.8. The number of carbonyl (C=O) groups is 3. The fourth-order valence-electron chi connectivity index (χ4n) is 1.67. The van der Waals surface area contributed by atoms with Crippen LogP contribution in [0.3, 0.4) is 0 Å². The zero-order valence-electron chi connectivity index (χ0n) is 9.86. The third kappa shape index (κ3) is 3.59. The molecule has 0 bridgehead atoms. The summed E-state index contributed by atoms with van der Waals surface area (Å²) in [5, 5.41) is 2.19. The van der Waals surface area contributed by atoms with Crippen LogP contribution in [0.25, 0.3) is 0 Å². The van der Waals surface area contributed by atoms with Gasteiger partial charge in [0, 0.05) is 12.8 Å². The summed E-state index contributed by atoms with van der Waals surface area (Å²) in [6, 6.07) is -0.576. The van der Waals surface area contributed by atoms with Crippen molar-refractivity contribution < 1.29 is 14.4 Å². The molecular weight excluding hydrogens is 220 g/mol. The molecule has 5 nitrogen and oxygen atoms in total. The van der Waals surface area contributed by atoms with Gasteiger partial charge in [0.15, 0.2) is 0 Å². The second kappa shape index (κ2) is 6.04. The van der Waals surface area contributed by atoms with E-state index in [9.17, 15) is 14.4 Å². The zero-order valence-corrected chi connectivity index (χ0v) is 9.86. The summed E-state index contributed by atoms with van der Waals surface area (Å²) >= 11 is 0. The molecule has 5 heteroatoms. The number of nitrogens with zero attached hydrogens (tertiary/aromatic N) is 1. The van der Waals surface area contributed by atoms with Crippen molar-refractivity contribution in [3.8, 4) is 12.3 Å². The fraction of sp³-hybridized carbons (Fsp3) is 0.583. The number of amides is 3. The quantitative estimate of drug-likeness (QED) is 0.426. The molecule has 0 aromatic heterocycles. The van der Waals surface area contributed by atoms with Gasteiger partial charge in [0.05, 0.1) is 0 Å². The van der Waals surface area contributed by atoms with Crippen LogP contribution >= 0.6 is 0 Å². The SMILES string of the molecule is C#CCCCCC(=O)N1CC(=O)NC(=O)C1C. The van der Waals surface area contributed by atoms with E-state index in [-0.39, 0.29) is 12.5 Å². The second-order valence-corrected chi connectivity index (χ2v) is 4.02. The van der Waals surface area contributed by atoms with Gasteiger partial charge >= 0.3 is 0 Å². The first-order valence-electron chi connectivity index (χ1n) is 5.63. The van der Waals surface area contributed by atoms with Crippen LogP contribution in [0.15, 0.2) is 0 Å². The van der Waals surface area contributed by atoms with Crippen molar-refractivity contribution in [2.24, 2.45) is 0 Å². The molecular formula is C12H16N2O3. The largest absolute Gasteiger partial charge is 0.322 e. The molecule has 1 aliphatic rings. The minimum absolute atomic E-state index is 0.0408. The van der Waals surface area contributed by atoms with Gasteiger partial charge < -0.3 is 4.90 Å². The first kappa shape index (κ1) is 13.2.